The lowest BCUT2D eigenvalue weighted by Gasteiger charge is -1.95. The van der Waals surface area contributed by atoms with Crippen LogP contribution in [0.3, 0.4) is 0 Å². The van der Waals surface area contributed by atoms with Crippen molar-refractivity contribution in [1.29, 1.82) is 0 Å². The summed E-state index contributed by atoms with van der Waals surface area (Å²) >= 11 is 0. The summed E-state index contributed by atoms with van der Waals surface area (Å²) in [6.07, 6.45) is 24.8. The Kier molecular flexibility index (Phi) is 16.0. The number of hydrogen-bond acceptors (Lipinski definition) is 3. The molecule has 0 aromatic carbocycles. The Morgan fingerprint density at radius 1 is 0.958 bits per heavy atom. The molecule has 4 heteroatoms. The van der Waals surface area contributed by atoms with Crippen molar-refractivity contribution in [1.82, 2.24) is 0 Å². The molecule has 0 saturated heterocycles. The number of nitrogens with zero attached hydrogens (tertiary/aromatic N) is 1. The van der Waals surface area contributed by atoms with E-state index in [1.807, 2.05) is 25.4 Å². The molecule has 0 aliphatic rings. The molecule has 0 spiro atoms. The zero-order valence-corrected chi connectivity index (χ0v) is 14.8. The van der Waals surface area contributed by atoms with Crippen LogP contribution in [0, 0.1) is 10.1 Å². The van der Waals surface area contributed by atoms with Gasteiger partial charge < -0.3 is 0 Å². The summed E-state index contributed by atoms with van der Waals surface area (Å²) in [6.45, 7) is 1.90. The summed E-state index contributed by atoms with van der Waals surface area (Å²) in [6, 6.07) is 0. The predicted octanol–water partition coefficient (Wildman–Crippen LogP) is 5.85. The lowest BCUT2D eigenvalue weighted by Crippen LogP contribution is -1.96. The molecule has 0 saturated carbocycles. The van der Waals surface area contributed by atoms with E-state index < -0.39 is 0 Å². The fourth-order valence-corrected chi connectivity index (χ4v) is 2.14. The SMILES string of the molecule is CC/C=C(\C/C=C\C/C=C\C/C=C\CCCCCC[C]=O)[N+](=O)[O-]. The normalized spacial score (nSPS) is 12.6. The third-order valence-corrected chi connectivity index (χ3v) is 3.45. The third-order valence-electron chi connectivity index (χ3n) is 3.45. The summed E-state index contributed by atoms with van der Waals surface area (Å²) in [5.74, 6) is 0. The van der Waals surface area contributed by atoms with Gasteiger partial charge in [0.15, 0.2) is 6.29 Å². The summed E-state index contributed by atoms with van der Waals surface area (Å²) < 4.78 is 0. The molecule has 0 rings (SSSR count). The van der Waals surface area contributed by atoms with Gasteiger partial charge in [-0.1, -0.05) is 56.2 Å². The standard InChI is InChI=1S/C20H30NO3/c1-2-17-20(21(23)24)18-15-13-11-9-7-5-3-4-6-8-10-12-14-16-19-22/h3-4,7,9,13,15,17H,2,5-6,8,10-12,14,16,18H2,1H3/b4-3-,9-7-,15-13-,20-17+. The minimum Gasteiger partial charge on any atom is -0.291 e. The molecule has 0 heterocycles. The molecular formula is C20H30NO3. The Balaban J connectivity index is 3.63. The first-order valence-corrected chi connectivity index (χ1v) is 8.85. The first kappa shape index (κ1) is 22.0. The van der Waals surface area contributed by atoms with Gasteiger partial charge in [-0.3, -0.25) is 14.9 Å². The van der Waals surface area contributed by atoms with Crippen molar-refractivity contribution in [2.24, 2.45) is 0 Å². The van der Waals surface area contributed by atoms with Crippen LogP contribution in [0.1, 0.15) is 71.1 Å². The summed E-state index contributed by atoms with van der Waals surface area (Å²) in [5.41, 5.74) is 0.268. The molecule has 0 aliphatic carbocycles. The van der Waals surface area contributed by atoms with E-state index in [2.05, 4.69) is 24.3 Å². The van der Waals surface area contributed by atoms with Gasteiger partial charge in [0.2, 0.25) is 5.70 Å². The molecule has 0 aromatic rings. The molecule has 0 atom stereocenters. The molecule has 0 bridgehead atoms. The van der Waals surface area contributed by atoms with E-state index in [4.69, 9.17) is 0 Å². The average molecular weight is 332 g/mol. The van der Waals surface area contributed by atoms with Crippen LogP contribution in [-0.2, 0) is 4.79 Å². The Labute approximate surface area is 146 Å². The highest BCUT2D eigenvalue weighted by atomic mass is 16.6. The van der Waals surface area contributed by atoms with Crippen LogP contribution in [0.25, 0.3) is 0 Å². The van der Waals surface area contributed by atoms with Gasteiger partial charge in [-0.05, 0) is 44.6 Å². The molecule has 0 fully saturated rings. The lowest BCUT2D eigenvalue weighted by atomic mass is 10.1. The van der Waals surface area contributed by atoms with Gasteiger partial charge in [-0.2, -0.15) is 0 Å². The zero-order chi connectivity index (χ0) is 17.9. The highest BCUT2D eigenvalue weighted by Gasteiger charge is 2.05. The molecule has 0 N–H and O–H groups in total. The number of carbonyl (C=O) groups excluding carboxylic acids is 1. The van der Waals surface area contributed by atoms with Crippen LogP contribution >= 0.6 is 0 Å². The maximum absolute atomic E-state index is 10.7. The van der Waals surface area contributed by atoms with Gasteiger partial charge in [0.25, 0.3) is 0 Å². The molecule has 0 aromatic heterocycles. The largest absolute Gasteiger partial charge is 0.291 e. The first-order chi connectivity index (χ1) is 11.7. The van der Waals surface area contributed by atoms with Crippen LogP contribution < -0.4 is 0 Å². The molecule has 4 nitrogen and oxygen atoms in total. The van der Waals surface area contributed by atoms with E-state index in [9.17, 15) is 14.9 Å². The molecule has 0 aliphatic heterocycles. The number of allylic oxidation sites excluding steroid dienone is 7. The maximum atomic E-state index is 10.7. The fourth-order valence-electron chi connectivity index (χ4n) is 2.14. The number of unbranched alkanes of at least 4 members (excludes halogenated alkanes) is 5. The molecular weight excluding hydrogens is 302 g/mol. The summed E-state index contributed by atoms with van der Waals surface area (Å²) in [7, 11) is 0. The predicted molar refractivity (Wildman–Crippen MR) is 100 cm³/mol. The Morgan fingerprint density at radius 2 is 1.58 bits per heavy atom. The van der Waals surface area contributed by atoms with E-state index in [0.29, 0.717) is 19.3 Å². The van der Waals surface area contributed by atoms with Crippen molar-refractivity contribution >= 4 is 6.29 Å². The Morgan fingerprint density at radius 3 is 2.21 bits per heavy atom. The van der Waals surface area contributed by atoms with Crippen LogP contribution in [0.2, 0.25) is 0 Å². The molecule has 133 valence electrons. The Bertz CT molecular complexity index is 448. The number of nitro groups is 1. The van der Waals surface area contributed by atoms with Crippen molar-refractivity contribution in [3.8, 4) is 0 Å². The molecule has 1 radical (unpaired) electrons. The topological polar surface area (TPSA) is 60.2 Å². The number of hydrogen-bond donors (Lipinski definition) is 0. The highest BCUT2D eigenvalue weighted by molar-refractivity contribution is 5.50. The molecule has 0 unspecified atom stereocenters. The maximum Gasteiger partial charge on any atom is 0.246 e. The fraction of sp³-hybridized carbons (Fsp3) is 0.550. The van der Waals surface area contributed by atoms with Crippen molar-refractivity contribution in [3.05, 3.63) is 58.3 Å². The van der Waals surface area contributed by atoms with Crippen LogP contribution in [-0.4, -0.2) is 11.2 Å². The van der Waals surface area contributed by atoms with Crippen molar-refractivity contribution < 1.29 is 9.72 Å². The van der Waals surface area contributed by atoms with Gasteiger partial charge in [0, 0.05) is 6.42 Å². The van der Waals surface area contributed by atoms with Gasteiger partial charge in [-0.15, -0.1) is 0 Å². The van der Waals surface area contributed by atoms with Crippen molar-refractivity contribution in [2.45, 2.75) is 71.1 Å². The summed E-state index contributed by atoms with van der Waals surface area (Å²) in [5, 5.41) is 10.7. The van der Waals surface area contributed by atoms with Gasteiger partial charge in [0.05, 0.1) is 11.3 Å². The van der Waals surface area contributed by atoms with E-state index >= 15 is 0 Å². The second-order valence-electron chi connectivity index (χ2n) is 5.55. The van der Waals surface area contributed by atoms with E-state index in [-0.39, 0.29) is 10.6 Å². The van der Waals surface area contributed by atoms with Gasteiger partial charge in [0.1, 0.15) is 0 Å². The average Bonchev–Trinajstić information content (AvgIpc) is 2.57. The smallest absolute Gasteiger partial charge is 0.246 e. The quantitative estimate of drug-likeness (QED) is 0.164. The van der Waals surface area contributed by atoms with E-state index in [0.717, 1.165) is 32.1 Å². The van der Waals surface area contributed by atoms with Crippen molar-refractivity contribution in [2.75, 3.05) is 0 Å². The second kappa shape index (κ2) is 17.4. The minimum atomic E-state index is -0.310. The van der Waals surface area contributed by atoms with Crippen LogP contribution in [0.15, 0.2) is 48.2 Å². The highest BCUT2D eigenvalue weighted by Crippen LogP contribution is 2.06. The minimum absolute atomic E-state index is 0.268. The lowest BCUT2D eigenvalue weighted by molar-refractivity contribution is -0.427. The number of rotatable bonds is 15. The zero-order valence-electron chi connectivity index (χ0n) is 14.8. The first-order valence-electron chi connectivity index (χ1n) is 8.85. The third kappa shape index (κ3) is 14.9. The van der Waals surface area contributed by atoms with Crippen molar-refractivity contribution in [3.63, 3.8) is 0 Å². The van der Waals surface area contributed by atoms with Gasteiger partial charge >= 0.3 is 0 Å². The molecule has 0 amide bonds. The van der Waals surface area contributed by atoms with Crippen LogP contribution in [0.4, 0.5) is 0 Å². The Hall–Kier alpha value is -1.97. The monoisotopic (exact) mass is 332 g/mol. The van der Waals surface area contributed by atoms with Gasteiger partial charge in [-0.25, -0.2) is 0 Å². The second-order valence-corrected chi connectivity index (χ2v) is 5.55. The van der Waals surface area contributed by atoms with Crippen LogP contribution in [0.5, 0.6) is 0 Å². The summed E-state index contributed by atoms with van der Waals surface area (Å²) in [4.78, 5) is 20.5. The molecule has 24 heavy (non-hydrogen) atoms. The van der Waals surface area contributed by atoms with E-state index in [1.54, 1.807) is 6.08 Å². The van der Waals surface area contributed by atoms with E-state index in [1.165, 1.54) is 12.8 Å².